The summed E-state index contributed by atoms with van der Waals surface area (Å²) in [6, 6.07) is 8.73. The van der Waals surface area contributed by atoms with E-state index in [0.717, 1.165) is 6.20 Å². The number of aromatic nitrogens is 1. The first-order valence-electron chi connectivity index (χ1n) is 5.25. The smallest absolute Gasteiger partial charge is 0.287 e. The fourth-order valence-electron chi connectivity index (χ4n) is 1.44. The summed E-state index contributed by atoms with van der Waals surface area (Å²) in [5.41, 5.74) is 0.420. The van der Waals surface area contributed by atoms with E-state index in [1.54, 1.807) is 12.1 Å². The van der Waals surface area contributed by atoms with Crippen LogP contribution in [0.4, 0.5) is 17.2 Å². The lowest BCUT2D eigenvalue weighted by atomic mass is 10.2. The minimum Gasteiger partial charge on any atom is -0.545 e. The van der Waals surface area contributed by atoms with E-state index in [2.05, 4.69) is 10.3 Å². The minimum atomic E-state index is -1.28. The van der Waals surface area contributed by atoms with Crippen LogP contribution in [0.25, 0.3) is 0 Å². The predicted octanol–water partition coefficient (Wildman–Crippen LogP) is 1.10. The molecule has 19 heavy (non-hydrogen) atoms. The third kappa shape index (κ3) is 3.03. The average Bonchev–Trinajstić information content (AvgIpc) is 2.39. The summed E-state index contributed by atoms with van der Waals surface area (Å²) in [6.07, 6.45) is 1.12. The van der Waals surface area contributed by atoms with Gasteiger partial charge in [0.15, 0.2) is 0 Å². The van der Waals surface area contributed by atoms with Crippen molar-refractivity contribution in [3.63, 3.8) is 0 Å². The molecule has 96 valence electrons. The second-order valence-corrected chi connectivity index (χ2v) is 3.65. The molecule has 0 unspecified atom stereocenters. The number of aromatic carboxylic acids is 1. The number of rotatable bonds is 4. The molecule has 0 saturated carbocycles. The molecule has 0 spiro atoms. The molecule has 7 nitrogen and oxygen atoms in total. The van der Waals surface area contributed by atoms with Crippen molar-refractivity contribution >= 4 is 23.2 Å². The third-order valence-electron chi connectivity index (χ3n) is 2.33. The molecule has 7 heteroatoms. The van der Waals surface area contributed by atoms with Crippen LogP contribution in [-0.2, 0) is 0 Å². The van der Waals surface area contributed by atoms with Crippen molar-refractivity contribution in [3.05, 3.63) is 58.3 Å². The lowest BCUT2D eigenvalue weighted by Gasteiger charge is -2.08. The van der Waals surface area contributed by atoms with Gasteiger partial charge in [-0.3, -0.25) is 10.1 Å². The van der Waals surface area contributed by atoms with Crippen LogP contribution in [0.3, 0.4) is 0 Å². The topological polar surface area (TPSA) is 108 Å². The number of carboxylic acid groups (broad SMARTS) is 1. The molecule has 0 aliphatic rings. The Hall–Kier alpha value is -2.96. The number of nitrogens with zero attached hydrogens (tertiary/aromatic N) is 2. The summed E-state index contributed by atoms with van der Waals surface area (Å²) < 4.78 is 0. The number of benzene rings is 1. The molecule has 1 N–H and O–H groups in total. The van der Waals surface area contributed by atoms with Gasteiger partial charge in [-0.2, -0.15) is 0 Å². The monoisotopic (exact) mass is 258 g/mol. The van der Waals surface area contributed by atoms with E-state index in [-0.39, 0.29) is 11.3 Å². The molecule has 0 bridgehead atoms. The van der Waals surface area contributed by atoms with Gasteiger partial charge in [0.05, 0.1) is 10.9 Å². The van der Waals surface area contributed by atoms with E-state index in [1.807, 2.05) is 0 Å². The van der Waals surface area contributed by atoms with Crippen LogP contribution in [-0.4, -0.2) is 15.9 Å². The highest BCUT2D eigenvalue weighted by atomic mass is 16.6. The first-order valence-corrected chi connectivity index (χ1v) is 5.25. The minimum absolute atomic E-state index is 0.0342. The van der Waals surface area contributed by atoms with Gasteiger partial charge in [0.1, 0.15) is 12.0 Å². The molecule has 0 aliphatic heterocycles. The Bertz CT molecular complexity index is 625. The van der Waals surface area contributed by atoms with Gasteiger partial charge in [-0.05, 0) is 23.8 Å². The quantitative estimate of drug-likeness (QED) is 0.649. The number of carbonyl (C=O) groups is 1. The normalized spacial score (nSPS) is 9.89. The molecule has 2 rings (SSSR count). The van der Waals surface area contributed by atoms with Crippen molar-refractivity contribution in [3.8, 4) is 0 Å². The second kappa shape index (κ2) is 5.13. The highest BCUT2D eigenvalue weighted by Crippen LogP contribution is 2.18. The number of carboxylic acids is 1. The van der Waals surface area contributed by atoms with Gasteiger partial charge in [0.25, 0.3) is 5.69 Å². The molecule has 1 aromatic carbocycles. The molecular weight excluding hydrogens is 250 g/mol. The van der Waals surface area contributed by atoms with E-state index in [1.165, 1.54) is 24.3 Å². The molecule has 1 aromatic heterocycles. The number of nitrogens with one attached hydrogen (secondary N) is 1. The van der Waals surface area contributed by atoms with Crippen molar-refractivity contribution in [2.75, 3.05) is 5.32 Å². The SMILES string of the molecule is O=C([O-])c1cccc(Nc2ccc([N+](=O)[O-])cn2)c1. The summed E-state index contributed by atoms with van der Waals surface area (Å²) in [6.45, 7) is 0. The molecule has 0 fully saturated rings. The van der Waals surface area contributed by atoms with E-state index in [4.69, 9.17) is 0 Å². The fourth-order valence-corrected chi connectivity index (χ4v) is 1.44. The van der Waals surface area contributed by atoms with Crippen molar-refractivity contribution in [2.24, 2.45) is 0 Å². The zero-order chi connectivity index (χ0) is 13.8. The van der Waals surface area contributed by atoms with Crippen molar-refractivity contribution in [1.82, 2.24) is 4.98 Å². The van der Waals surface area contributed by atoms with Gasteiger partial charge in [0, 0.05) is 11.8 Å². The average molecular weight is 258 g/mol. The number of carbonyl (C=O) groups excluding carboxylic acids is 1. The molecule has 0 amide bonds. The Morgan fingerprint density at radius 2 is 2.05 bits per heavy atom. The third-order valence-corrected chi connectivity index (χ3v) is 2.33. The van der Waals surface area contributed by atoms with Crippen LogP contribution >= 0.6 is 0 Å². The largest absolute Gasteiger partial charge is 0.545 e. The Labute approximate surface area is 107 Å². The molecule has 0 radical (unpaired) electrons. The van der Waals surface area contributed by atoms with Crippen LogP contribution in [0.1, 0.15) is 10.4 Å². The number of hydrogen-bond acceptors (Lipinski definition) is 6. The Morgan fingerprint density at radius 3 is 2.63 bits per heavy atom. The summed E-state index contributed by atoms with van der Waals surface area (Å²) in [5.74, 6) is -0.901. The second-order valence-electron chi connectivity index (χ2n) is 3.65. The van der Waals surface area contributed by atoms with Crippen LogP contribution in [0.15, 0.2) is 42.6 Å². The highest BCUT2D eigenvalue weighted by Gasteiger charge is 2.05. The lowest BCUT2D eigenvalue weighted by molar-refractivity contribution is -0.385. The van der Waals surface area contributed by atoms with Crippen LogP contribution in [0.2, 0.25) is 0 Å². The van der Waals surface area contributed by atoms with Crippen LogP contribution < -0.4 is 10.4 Å². The number of nitro groups is 1. The lowest BCUT2D eigenvalue weighted by Crippen LogP contribution is -2.22. The van der Waals surface area contributed by atoms with Gasteiger partial charge in [0.2, 0.25) is 0 Å². The van der Waals surface area contributed by atoms with E-state index >= 15 is 0 Å². The van der Waals surface area contributed by atoms with E-state index in [9.17, 15) is 20.0 Å². The molecule has 0 atom stereocenters. The van der Waals surface area contributed by atoms with Gasteiger partial charge >= 0.3 is 0 Å². The van der Waals surface area contributed by atoms with Gasteiger partial charge in [-0.25, -0.2) is 4.98 Å². The van der Waals surface area contributed by atoms with E-state index < -0.39 is 10.9 Å². The van der Waals surface area contributed by atoms with Crippen LogP contribution in [0, 0.1) is 10.1 Å². The molecule has 1 heterocycles. The molecule has 0 aliphatic carbocycles. The fraction of sp³-hybridized carbons (Fsp3) is 0. The molecule has 0 saturated heterocycles. The first kappa shape index (κ1) is 12.5. The van der Waals surface area contributed by atoms with Gasteiger partial charge in [-0.15, -0.1) is 0 Å². The standard InChI is InChI=1S/C12H9N3O4/c16-12(17)8-2-1-3-9(6-8)14-11-5-4-10(7-13-11)15(18)19/h1-7H,(H,13,14)(H,16,17)/p-1. The van der Waals surface area contributed by atoms with Crippen molar-refractivity contribution in [1.29, 1.82) is 0 Å². The number of pyridine rings is 1. The van der Waals surface area contributed by atoms with Gasteiger partial charge in [-0.1, -0.05) is 12.1 Å². The van der Waals surface area contributed by atoms with Crippen molar-refractivity contribution in [2.45, 2.75) is 0 Å². The maximum absolute atomic E-state index is 10.7. The first-order chi connectivity index (χ1) is 9.06. The summed E-state index contributed by atoms with van der Waals surface area (Å²) in [5, 5.41) is 24.0. The van der Waals surface area contributed by atoms with E-state index in [0.29, 0.717) is 11.5 Å². The zero-order valence-corrected chi connectivity index (χ0v) is 9.57. The summed E-state index contributed by atoms with van der Waals surface area (Å²) >= 11 is 0. The highest BCUT2D eigenvalue weighted by molar-refractivity contribution is 5.87. The Balaban J connectivity index is 2.19. The van der Waals surface area contributed by atoms with Gasteiger partial charge < -0.3 is 15.2 Å². The summed E-state index contributed by atoms with van der Waals surface area (Å²) in [4.78, 5) is 24.5. The molecular formula is C12H8N3O4-. The Morgan fingerprint density at radius 1 is 1.26 bits per heavy atom. The maximum Gasteiger partial charge on any atom is 0.287 e. The zero-order valence-electron chi connectivity index (χ0n) is 9.57. The maximum atomic E-state index is 10.7. The molecule has 2 aromatic rings. The van der Waals surface area contributed by atoms with Crippen molar-refractivity contribution < 1.29 is 14.8 Å². The number of hydrogen-bond donors (Lipinski definition) is 1. The summed E-state index contributed by atoms with van der Waals surface area (Å²) in [7, 11) is 0. The van der Waals surface area contributed by atoms with Crippen LogP contribution in [0.5, 0.6) is 0 Å². The Kier molecular flexibility index (Phi) is 3.37. The predicted molar refractivity (Wildman–Crippen MR) is 64.9 cm³/mol. The number of anilines is 2.